The summed E-state index contributed by atoms with van der Waals surface area (Å²) >= 11 is 6.14. The Morgan fingerprint density at radius 1 is 1.11 bits per heavy atom. The highest BCUT2D eigenvalue weighted by atomic mass is 35.5. The Kier molecular flexibility index (Phi) is 7.79. The summed E-state index contributed by atoms with van der Waals surface area (Å²) in [7, 11) is 0.220. The van der Waals surface area contributed by atoms with Crippen LogP contribution in [0.3, 0.4) is 0 Å². The largest absolute Gasteiger partial charge is 0.506 e. The molecule has 3 aromatic heterocycles. The molecule has 0 atom stereocenters. The number of hydrogen-bond donors (Lipinski definition) is 3. The molecule has 0 radical (unpaired) electrons. The number of ether oxygens (including phenoxy) is 1. The minimum Gasteiger partial charge on any atom is -0.506 e. The van der Waals surface area contributed by atoms with Crippen molar-refractivity contribution in [2.75, 3.05) is 38.8 Å². The molecule has 0 spiro atoms. The number of aliphatic hydroxyl groups is 1. The van der Waals surface area contributed by atoms with Gasteiger partial charge < -0.3 is 25.2 Å². The maximum atomic E-state index is 12.6. The van der Waals surface area contributed by atoms with Gasteiger partial charge in [-0.05, 0) is 44.4 Å². The predicted molar refractivity (Wildman–Crippen MR) is 142 cm³/mol. The number of hydrogen-bond acceptors (Lipinski definition) is 10. The van der Waals surface area contributed by atoms with Crippen LogP contribution in [-0.2, 0) is 16.4 Å². The maximum Gasteiger partial charge on any atom is 0.213 e. The fraction of sp³-hybridized carbons (Fsp3) is 0.240. The number of aromatic hydroxyl groups is 1. The first-order valence-electron chi connectivity index (χ1n) is 11.2. The van der Waals surface area contributed by atoms with Gasteiger partial charge in [-0.15, -0.1) is 0 Å². The SMILES string of the molecule is CN(C)CCOc1ccc(Nc2c(S(C)(=O)=O)cnc3ccc(-c4cc(Cl)c(O)c(CO)c4)nc23)cn1. The third-order valence-electron chi connectivity index (χ3n) is 5.48. The van der Waals surface area contributed by atoms with Crippen molar-refractivity contribution in [3.8, 4) is 22.9 Å². The summed E-state index contributed by atoms with van der Waals surface area (Å²) in [5, 5.41) is 22.8. The average molecular weight is 544 g/mol. The molecule has 194 valence electrons. The zero-order chi connectivity index (χ0) is 26.7. The molecule has 4 aromatic rings. The van der Waals surface area contributed by atoms with Crippen molar-refractivity contribution in [1.82, 2.24) is 19.9 Å². The smallest absolute Gasteiger partial charge is 0.213 e. The topological polar surface area (TPSA) is 138 Å². The van der Waals surface area contributed by atoms with Gasteiger partial charge in [-0.1, -0.05) is 11.6 Å². The standard InChI is InChI=1S/C25H26ClN5O5S/c1-31(2)8-9-36-22-7-4-17(12-28-22)29-24-21(37(3,34)35)13-27-20-6-5-19(30-23(20)24)15-10-16(14-32)25(33)18(26)11-15/h4-7,10-13,32-33H,8-9,14H2,1-3H3,(H,27,29). The molecule has 0 saturated carbocycles. The highest BCUT2D eigenvalue weighted by molar-refractivity contribution is 7.90. The number of halogens is 1. The first kappa shape index (κ1) is 26.6. The van der Waals surface area contributed by atoms with Crippen molar-refractivity contribution in [3.05, 3.63) is 59.4 Å². The Morgan fingerprint density at radius 3 is 2.54 bits per heavy atom. The van der Waals surface area contributed by atoms with E-state index in [4.69, 9.17) is 16.3 Å². The number of rotatable bonds is 9. The minimum absolute atomic E-state index is 0.0317. The molecule has 4 rings (SSSR count). The summed E-state index contributed by atoms with van der Waals surface area (Å²) < 4.78 is 30.9. The molecule has 0 unspecified atom stereocenters. The molecular weight excluding hydrogens is 518 g/mol. The van der Waals surface area contributed by atoms with Gasteiger partial charge in [-0.2, -0.15) is 0 Å². The number of nitrogens with one attached hydrogen (secondary N) is 1. The average Bonchev–Trinajstić information content (AvgIpc) is 2.85. The van der Waals surface area contributed by atoms with Gasteiger partial charge in [-0.25, -0.2) is 18.4 Å². The molecule has 1 aromatic carbocycles. The number of aliphatic hydroxyl groups excluding tert-OH is 1. The quantitative estimate of drug-likeness (QED) is 0.287. The number of benzene rings is 1. The van der Waals surface area contributed by atoms with Crippen LogP contribution in [0.2, 0.25) is 5.02 Å². The van der Waals surface area contributed by atoms with Crippen molar-refractivity contribution in [2.45, 2.75) is 11.5 Å². The van der Waals surface area contributed by atoms with Crippen molar-refractivity contribution >= 4 is 43.8 Å². The molecule has 0 aliphatic heterocycles. The van der Waals surface area contributed by atoms with Crippen LogP contribution in [0.4, 0.5) is 11.4 Å². The lowest BCUT2D eigenvalue weighted by Crippen LogP contribution is -2.19. The second kappa shape index (κ2) is 10.9. The number of likely N-dealkylation sites (N-methyl/N-ethyl adjacent to an activating group) is 1. The lowest BCUT2D eigenvalue weighted by Gasteiger charge is -2.15. The van der Waals surface area contributed by atoms with Crippen LogP contribution in [0.25, 0.3) is 22.3 Å². The molecule has 3 N–H and O–H groups in total. The van der Waals surface area contributed by atoms with Crippen molar-refractivity contribution < 1.29 is 23.4 Å². The van der Waals surface area contributed by atoms with Crippen LogP contribution in [-0.4, -0.2) is 72.0 Å². The summed E-state index contributed by atoms with van der Waals surface area (Å²) in [6, 6.07) is 9.90. The van der Waals surface area contributed by atoms with Gasteiger partial charge in [0.2, 0.25) is 5.88 Å². The number of fused-ring (bicyclic) bond motifs is 1. The van der Waals surface area contributed by atoms with Gasteiger partial charge in [0.05, 0.1) is 40.4 Å². The van der Waals surface area contributed by atoms with Crippen molar-refractivity contribution in [3.63, 3.8) is 0 Å². The van der Waals surface area contributed by atoms with Gasteiger partial charge in [0.1, 0.15) is 22.8 Å². The van der Waals surface area contributed by atoms with E-state index in [1.54, 1.807) is 36.5 Å². The van der Waals surface area contributed by atoms with Crippen LogP contribution >= 0.6 is 11.6 Å². The molecule has 0 saturated heterocycles. The number of aromatic nitrogens is 3. The second-order valence-corrected chi connectivity index (χ2v) is 11.0. The van der Waals surface area contributed by atoms with Gasteiger partial charge >= 0.3 is 0 Å². The van der Waals surface area contributed by atoms with Crippen molar-refractivity contribution in [2.24, 2.45) is 0 Å². The lowest BCUT2D eigenvalue weighted by atomic mass is 10.1. The first-order chi connectivity index (χ1) is 17.6. The molecule has 0 fully saturated rings. The molecule has 3 heterocycles. The molecule has 0 aliphatic rings. The van der Waals surface area contributed by atoms with Crippen LogP contribution < -0.4 is 10.1 Å². The zero-order valence-electron chi connectivity index (χ0n) is 20.4. The Labute approximate surface area is 219 Å². The van der Waals surface area contributed by atoms with E-state index < -0.39 is 16.4 Å². The van der Waals surface area contributed by atoms with Crippen molar-refractivity contribution in [1.29, 1.82) is 0 Å². The molecule has 0 aliphatic carbocycles. The molecule has 12 heteroatoms. The van der Waals surface area contributed by atoms with Gasteiger partial charge in [0, 0.05) is 36.2 Å². The van der Waals surface area contributed by atoms with E-state index in [0.717, 1.165) is 12.8 Å². The lowest BCUT2D eigenvalue weighted by molar-refractivity contribution is 0.254. The van der Waals surface area contributed by atoms with Crippen LogP contribution in [0, 0.1) is 0 Å². The molecule has 37 heavy (non-hydrogen) atoms. The maximum absolute atomic E-state index is 12.6. The van der Waals surface area contributed by atoms with Gasteiger partial charge in [0.15, 0.2) is 9.84 Å². The van der Waals surface area contributed by atoms with E-state index in [1.807, 2.05) is 19.0 Å². The van der Waals surface area contributed by atoms with E-state index in [2.05, 4.69) is 20.3 Å². The number of nitrogens with zero attached hydrogens (tertiary/aromatic N) is 4. The monoisotopic (exact) mass is 543 g/mol. The van der Waals surface area contributed by atoms with Crippen LogP contribution in [0.5, 0.6) is 11.6 Å². The Balaban J connectivity index is 1.77. The molecule has 0 amide bonds. The van der Waals surface area contributed by atoms with Gasteiger partial charge in [0.25, 0.3) is 0 Å². The summed E-state index contributed by atoms with van der Waals surface area (Å²) in [5.41, 5.74) is 2.76. The van der Waals surface area contributed by atoms with E-state index in [9.17, 15) is 18.6 Å². The first-order valence-corrected chi connectivity index (χ1v) is 13.5. The Hall–Kier alpha value is -3.51. The summed E-state index contributed by atoms with van der Waals surface area (Å²) in [6.45, 7) is 0.801. The molecule has 0 bridgehead atoms. The fourth-order valence-electron chi connectivity index (χ4n) is 3.55. The number of phenols is 1. The van der Waals surface area contributed by atoms with E-state index in [1.165, 1.54) is 12.3 Å². The highest BCUT2D eigenvalue weighted by Crippen LogP contribution is 2.36. The van der Waals surface area contributed by atoms with Crippen LogP contribution in [0.1, 0.15) is 5.56 Å². The van der Waals surface area contributed by atoms with E-state index >= 15 is 0 Å². The normalized spacial score (nSPS) is 11.7. The third-order valence-corrected chi connectivity index (χ3v) is 6.88. The Morgan fingerprint density at radius 2 is 1.89 bits per heavy atom. The summed E-state index contributed by atoms with van der Waals surface area (Å²) in [4.78, 5) is 15.2. The molecular formula is C25H26ClN5O5S. The second-order valence-electron chi connectivity index (χ2n) is 8.62. The zero-order valence-corrected chi connectivity index (χ0v) is 22.0. The molecule has 10 nitrogen and oxygen atoms in total. The predicted octanol–water partition coefficient (Wildman–Crippen LogP) is 3.63. The Bertz CT molecular complexity index is 1550. The van der Waals surface area contributed by atoms with Crippen LogP contribution in [0.15, 0.2) is 53.7 Å². The number of anilines is 2. The number of sulfone groups is 1. The van der Waals surface area contributed by atoms with E-state index in [-0.39, 0.29) is 26.9 Å². The third kappa shape index (κ3) is 6.08. The van der Waals surface area contributed by atoms with Gasteiger partial charge in [-0.3, -0.25) is 4.98 Å². The summed E-state index contributed by atoms with van der Waals surface area (Å²) in [6.07, 6.45) is 3.92. The minimum atomic E-state index is -3.68. The fourth-order valence-corrected chi connectivity index (χ4v) is 4.55. The van der Waals surface area contributed by atoms with E-state index in [0.29, 0.717) is 40.5 Å². The number of pyridine rings is 3. The highest BCUT2D eigenvalue weighted by Gasteiger charge is 2.20. The summed E-state index contributed by atoms with van der Waals surface area (Å²) in [5.74, 6) is 0.235.